The van der Waals surface area contributed by atoms with Gasteiger partial charge in [0.2, 0.25) is 0 Å². The maximum absolute atomic E-state index is 13.5. The predicted molar refractivity (Wildman–Crippen MR) is 111 cm³/mol. The van der Waals surface area contributed by atoms with Crippen molar-refractivity contribution in [1.29, 1.82) is 0 Å². The van der Waals surface area contributed by atoms with Gasteiger partial charge in [0.05, 0.1) is 11.5 Å². The second-order valence-electron chi connectivity index (χ2n) is 8.69. The van der Waals surface area contributed by atoms with Gasteiger partial charge in [0.25, 0.3) is 5.91 Å². The average molecular weight is 457 g/mol. The molecule has 0 aromatic heterocycles. The fourth-order valence-electron chi connectivity index (χ4n) is 5.74. The monoisotopic (exact) mass is 457 g/mol. The summed E-state index contributed by atoms with van der Waals surface area (Å²) >= 11 is 0. The zero-order valence-corrected chi connectivity index (χ0v) is 17.6. The van der Waals surface area contributed by atoms with Gasteiger partial charge in [0.15, 0.2) is 17.2 Å². The molecule has 0 saturated heterocycles. The lowest BCUT2D eigenvalue weighted by Crippen LogP contribution is -2.70. The van der Waals surface area contributed by atoms with E-state index in [0.29, 0.717) is 5.56 Å². The number of phenols is 1. The van der Waals surface area contributed by atoms with Crippen LogP contribution in [0.25, 0.3) is 0 Å². The molecular weight excluding hydrogens is 434 g/mol. The van der Waals surface area contributed by atoms with Crippen molar-refractivity contribution in [2.75, 3.05) is 0 Å². The van der Waals surface area contributed by atoms with E-state index in [2.05, 4.69) is 6.58 Å². The molecule has 3 aliphatic rings. The number of carbonyl (C=O) groups excluding carboxylic acids is 4. The topological polar surface area (TPSA) is 184 Å². The summed E-state index contributed by atoms with van der Waals surface area (Å²) in [5.41, 5.74) is 2.00. The van der Waals surface area contributed by atoms with Crippen LogP contribution < -0.4 is 5.73 Å². The highest BCUT2D eigenvalue weighted by molar-refractivity contribution is 6.20. The van der Waals surface area contributed by atoms with E-state index in [1.54, 1.807) is 13.0 Å². The quantitative estimate of drug-likeness (QED) is 0.237. The molecule has 0 bridgehead atoms. The number of aliphatic hydroxyl groups excluding tert-OH is 2. The molecule has 1 aromatic rings. The van der Waals surface area contributed by atoms with Crippen LogP contribution in [0.1, 0.15) is 35.2 Å². The van der Waals surface area contributed by atoms with Crippen molar-refractivity contribution >= 4 is 23.4 Å². The first-order valence-corrected chi connectivity index (χ1v) is 10.3. The largest absolute Gasteiger partial charge is 0.508 e. The van der Waals surface area contributed by atoms with Crippen molar-refractivity contribution < 1.29 is 44.3 Å². The minimum absolute atomic E-state index is 0.0633. The summed E-state index contributed by atoms with van der Waals surface area (Å²) in [4.78, 5) is 50.1. The maximum Gasteiger partial charge on any atom is 0.330 e. The van der Waals surface area contributed by atoms with Crippen molar-refractivity contribution in [2.24, 2.45) is 23.5 Å². The van der Waals surface area contributed by atoms with Gasteiger partial charge in [-0.05, 0) is 17.5 Å². The SMILES string of the molecule is C=CC(=O)OC1C2C(C)c3cccc(O)c3C(=O)C2C(O)C2(O)C(O)=C(C(N)=O)C(=O)CC12. The number of aromatic hydroxyl groups is 1. The summed E-state index contributed by atoms with van der Waals surface area (Å²) in [6.07, 6.45) is -3.05. The number of hydrogen-bond donors (Lipinski definition) is 5. The zero-order chi connectivity index (χ0) is 24.4. The van der Waals surface area contributed by atoms with Crippen molar-refractivity contribution in [1.82, 2.24) is 0 Å². The molecule has 0 spiro atoms. The summed E-state index contributed by atoms with van der Waals surface area (Å²) < 4.78 is 5.50. The normalized spacial score (nSPS) is 35.2. The number of carbonyl (C=O) groups is 4. The van der Waals surface area contributed by atoms with Gasteiger partial charge in [0.1, 0.15) is 29.3 Å². The molecule has 174 valence electrons. The molecule has 1 fully saturated rings. The number of nitrogens with two attached hydrogens (primary N) is 1. The summed E-state index contributed by atoms with van der Waals surface area (Å²) in [6, 6.07) is 4.45. The van der Waals surface area contributed by atoms with Crippen LogP contribution in [0.4, 0.5) is 0 Å². The molecule has 0 aliphatic heterocycles. The molecule has 1 amide bonds. The van der Waals surface area contributed by atoms with Crippen LogP contribution in [0.5, 0.6) is 5.75 Å². The van der Waals surface area contributed by atoms with E-state index in [-0.39, 0.29) is 11.3 Å². The molecule has 1 aromatic carbocycles. The Morgan fingerprint density at radius 2 is 1.94 bits per heavy atom. The number of fused-ring (bicyclic) bond motifs is 3. The summed E-state index contributed by atoms with van der Waals surface area (Å²) in [7, 11) is 0. The second kappa shape index (κ2) is 7.53. The fourth-order valence-corrected chi connectivity index (χ4v) is 5.74. The average Bonchev–Trinajstić information content (AvgIpc) is 2.75. The molecule has 1 saturated carbocycles. The Hall–Kier alpha value is -3.50. The maximum atomic E-state index is 13.5. The van der Waals surface area contributed by atoms with Crippen molar-refractivity contribution in [3.8, 4) is 5.75 Å². The molecule has 0 radical (unpaired) electrons. The number of hydrogen-bond acceptors (Lipinski definition) is 9. The third-order valence-electron chi connectivity index (χ3n) is 7.20. The van der Waals surface area contributed by atoms with Gasteiger partial charge in [-0.15, -0.1) is 0 Å². The van der Waals surface area contributed by atoms with Crippen LogP contribution in [-0.2, 0) is 19.1 Å². The van der Waals surface area contributed by atoms with Crippen molar-refractivity contribution in [3.05, 3.63) is 53.3 Å². The number of primary amides is 1. The van der Waals surface area contributed by atoms with Crippen molar-refractivity contribution in [2.45, 2.75) is 37.1 Å². The first kappa shape index (κ1) is 22.7. The number of aliphatic hydroxyl groups is 3. The summed E-state index contributed by atoms with van der Waals surface area (Å²) in [5, 5.41) is 43.9. The molecule has 10 nitrogen and oxygen atoms in total. The van der Waals surface area contributed by atoms with E-state index in [1.807, 2.05) is 0 Å². The number of amides is 1. The molecule has 10 heteroatoms. The molecular formula is C23H23NO9. The third kappa shape index (κ3) is 2.94. The molecule has 7 unspecified atom stereocenters. The van der Waals surface area contributed by atoms with Gasteiger partial charge < -0.3 is 30.9 Å². The Morgan fingerprint density at radius 1 is 1.27 bits per heavy atom. The van der Waals surface area contributed by atoms with Crippen LogP contribution in [-0.4, -0.2) is 61.7 Å². The number of benzene rings is 1. The Balaban J connectivity index is 1.98. The highest BCUT2D eigenvalue weighted by Gasteiger charge is 2.68. The standard InChI is InChI=1S/C23H23NO9/c1-3-13(27)33-19-10-7-12(26)16(22(24)31)20(29)23(10,32)21(30)17-14(19)8(2)9-5-4-6-11(25)15(9)18(17)28/h3-6,8,10,14,17,19,21,25,29-30,32H,1,7H2,2H3,(H2,24,31). The molecule has 7 atom stereocenters. The molecule has 3 aliphatic carbocycles. The Bertz CT molecular complexity index is 1140. The van der Waals surface area contributed by atoms with Crippen LogP contribution in [0, 0.1) is 17.8 Å². The van der Waals surface area contributed by atoms with Crippen LogP contribution in [0.2, 0.25) is 0 Å². The highest BCUT2D eigenvalue weighted by Crippen LogP contribution is 2.57. The van der Waals surface area contributed by atoms with E-state index >= 15 is 0 Å². The van der Waals surface area contributed by atoms with E-state index in [9.17, 15) is 39.6 Å². The summed E-state index contributed by atoms with van der Waals surface area (Å²) in [6.45, 7) is 5.04. The Labute approximate surface area is 188 Å². The second-order valence-corrected chi connectivity index (χ2v) is 8.69. The lowest BCUT2D eigenvalue weighted by molar-refractivity contribution is -0.219. The first-order chi connectivity index (χ1) is 15.5. The number of Topliss-reactive ketones (excluding diaryl/α,β-unsaturated/α-hetero) is 2. The third-order valence-corrected chi connectivity index (χ3v) is 7.20. The molecule has 4 rings (SSSR count). The van der Waals surface area contributed by atoms with E-state index in [4.69, 9.17) is 10.5 Å². The lowest BCUT2D eigenvalue weighted by Gasteiger charge is -2.56. The van der Waals surface area contributed by atoms with Crippen LogP contribution in [0.3, 0.4) is 0 Å². The van der Waals surface area contributed by atoms with Gasteiger partial charge >= 0.3 is 5.97 Å². The minimum atomic E-state index is -2.69. The number of ketones is 2. The fraction of sp³-hybridized carbons (Fsp3) is 0.391. The van der Waals surface area contributed by atoms with E-state index in [0.717, 1.165) is 6.08 Å². The lowest BCUT2D eigenvalue weighted by atomic mass is 9.51. The zero-order valence-electron chi connectivity index (χ0n) is 17.6. The van der Waals surface area contributed by atoms with E-state index < -0.39 is 82.7 Å². The van der Waals surface area contributed by atoms with Gasteiger partial charge in [-0.2, -0.15) is 0 Å². The predicted octanol–water partition coefficient (Wildman–Crippen LogP) is 0.0142. The summed E-state index contributed by atoms with van der Waals surface area (Å²) in [5.74, 6) is -9.70. The minimum Gasteiger partial charge on any atom is -0.508 e. The van der Waals surface area contributed by atoms with Gasteiger partial charge in [-0.3, -0.25) is 14.4 Å². The van der Waals surface area contributed by atoms with E-state index in [1.165, 1.54) is 12.1 Å². The number of esters is 1. The molecule has 6 N–H and O–H groups in total. The molecule has 0 heterocycles. The van der Waals surface area contributed by atoms with Gasteiger partial charge in [-0.25, -0.2) is 4.79 Å². The van der Waals surface area contributed by atoms with Crippen molar-refractivity contribution in [3.63, 3.8) is 0 Å². The first-order valence-electron chi connectivity index (χ1n) is 10.3. The van der Waals surface area contributed by atoms with Crippen LogP contribution >= 0.6 is 0 Å². The highest BCUT2D eigenvalue weighted by atomic mass is 16.5. The number of ether oxygens (including phenoxy) is 1. The smallest absolute Gasteiger partial charge is 0.330 e. The van der Waals surface area contributed by atoms with Crippen LogP contribution in [0.15, 0.2) is 42.2 Å². The molecule has 33 heavy (non-hydrogen) atoms. The number of phenolic OH excluding ortho intramolecular Hbond substituents is 1. The van der Waals surface area contributed by atoms with Gasteiger partial charge in [0, 0.05) is 24.3 Å². The number of rotatable bonds is 3. The van der Waals surface area contributed by atoms with Gasteiger partial charge in [-0.1, -0.05) is 25.6 Å². The Kier molecular flexibility index (Phi) is 5.18. The Morgan fingerprint density at radius 3 is 2.55 bits per heavy atom.